The van der Waals surface area contributed by atoms with Crippen molar-refractivity contribution in [3.63, 3.8) is 0 Å². The van der Waals surface area contributed by atoms with Crippen LogP contribution in [-0.4, -0.2) is 27.9 Å². The molecule has 1 aromatic carbocycles. The number of anilines is 2. The van der Waals surface area contributed by atoms with E-state index in [9.17, 15) is 4.79 Å². The number of rotatable bonds is 4. The van der Waals surface area contributed by atoms with E-state index in [1.54, 1.807) is 0 Å². The number of amides is 1. The fourth-order valence-corrected chi connectivity index (χ4v) is 4.56. The molecule has 2 heterocycles. The summed E-state index contributed by atoms with van der Waals surface area (Å²) in [4.78, 5) is 12.0. The van der Waals surface area contributed by atoms with E-state index in [2.05, 4.69) is 20.8 Å². The first-order valence-corrected chi connectivity index (χ1v) is 9.51. The molecule has 1 aliphatic heterocycles. The Balaban J connectivity index is 1.68. The SMILES string of the molecule is Cc1c(Cl)cccc1Nc1nnc(S[C@H]2CCCCNC2=O)s1. The molecule has 8 heteroatoms. The van der Waals surface area contributed by atoms with Gasteiger partial charge in [0.05, 0.1) is 5.25 Å². The highest BCUT2D eigenvalue weighted by molar-refractivity contribution is 8.02. The Bertz CT molecular complexity index is 707. The van der Waals surface area contributed by atoms with E-state index in [1.807, 2.05) is 25.1 Å². The third-order valence-electron chi connectivity index (χ3n) is 3.64. The minimum absolute atomic E-state index is 0.0776. The van der Waals surface area contributed by atoms with Crippen LogP contribution in [0.3, 0.4) is 0 Å². The Morgan fingerprint density at radius 2 is 2.26 bits per heavy atom. The molecular formula is C15H17ClN4OS2. The molecule has 1 amide bonds. The lowest BCUT2D eigenvalue weighted by Crippen LogP contribution is -2.30. The summed E-state index contributed by atoms with van der Waals surface area (Å²) in [5.41, 5.74) is 1.89. The van der Waals surface area contributed by atoms with Crippen LogP contribution in [0.5, 0.6) is 0 Å². The van der Waals surface area contributed by atoms with Crippen LogP contribution in [0.15, 0.2) is 22.5 Å². The Kier molecular flexibility index (Phi) is 5.40. The fraction of sp³-hybridized carbons (Fsp3) is 0.400. The first kappa shape index (κ1) is 16.5. The lowest BCUT2D eigenvalue weighted by atomic mass is 10.2. The van der Waals surface area contributed by atoms with Crippen molar-refractivity contribution in [3.05, 3.63) is 28.8 Å². The number of halogens is 1. The van der Waals surface area contributed by atoms with Crippen molar-refractivity contribution in [2.45, 2.75) is 35.8 Å². The average Bonchev–Trinajstić information content (AvgIpc) is 2.87. The summed E-state index contributed by atoms with van der Waals surface area (Å²) >= 11 is 9.07. The molecule has 5 nitrogen and oxygen atoms in total. The molecule has 1 aromatic heterocycles. The average molecular weight is 369 g/mol. The maximum Gasteiger partial charge on any atom is 0.233 e. The highest BCUT2D eigenvalue weighted by Crippen LogP contribution is 2.34. The first-order valence-electron chi connectivity index (χ1n) is 7.43. The molecule has 23 heavy (non-hydrogen) atoms. The third kappa shape index (κ3) is 4.16. The number of nitrogens with zero attached hydrogens (tertiary/aromatic N) is 2. The fourth-order valence-electron chi connectivity index (χ4n) is 2.31. The van der Waals surface area contributed by atoms with E-state index in [0.29, 0.717) is 10.2 Å². The highest BCUT2D eigenvalue weighted by Gasteiger charge is 2.23. The van der Waals surface area contributed by atoms with Gasteiger partial charge in [-0.1, -0.05) is 47.2 Å². The number of benzene rings is 1. The molecule has 2 aromatic rings. The van der Waals surface area contributed by atoms with Gasteiger partial charge in [0.15, 0.2) is 4.34 Å². The van der Waals surface area contributed by atoms with Crippen LogP contribution in [0, 0.1) is 6.92 Å². The minimum Gasteiger partial charge on any atom is -0.355 e. The van der Waals surface area contributed by atoms with Crippen LogP contribution in [0.4, 0.5) is 10.8 Å². The van der Waals surface area contributed by atoms with Crippen molar-refractivity contribution in [1.82, 2.24) is 15.5 Å². The predicted molar refractivity (Wildman–Crippen MR) is 95.9 cm³/mol. The van der Waals surface area contributed by atoms with Gasteiger partial charge in [-0.25, -0.2) is 0 Å². The van der Waals surface area contributed by atoms with Gasteiger partial charge in [-0.05, 0) is 37.5 Å². The maximum absolute atomic E-state index is 12.0. The topological polar surface area (TPSA) is 66.9 Å². The second kappa shape index (κ2) is 7.51. The normalized spacial score (nSPS) is 18.3. The van der Waals surface area contributed by atoms with Gasteiger partial charge in [-0.2, -0.15) is 0 Å². The molecule has 3 rings (SSSR count). The third-order valence-corrected chi connectivity index (χ3v) is 6.24. The summed E-state index contributed by atoms with van der Waals surface area (Å²) < 4.78 is 0.800. The molecule has 0 aliphatic carbocycles. The highest BCUT2D eigenvalue weighted by atomic mass is 35.5. The lowest BCUT2D eigenvalue weighted by Gasteiger charge is -2.09. The van der Waals surface area contributed by atoms with Crippen LogP contribution in [0.1, 0.15) is 24.8 Å². The van der Waals surface area contributed by atoms with Crippen molar-refractivity contribution < 1.29 is 4.79 Å². The van der Waals surface area contributed by atoms with E-state index in [0.717, 1.165) is 41.4 Å². The van der Waals surface area contributed by atoms with Crippen LogP contribution in [-0.2, 0) is 4.79 Å². The first-order chi connectivity index (χ1) is 11.1. The van der Waals surface area contributed by atoms with Gasteiger partial charge >= 0.3 is 0 Å². The van der Waals surface area contributed by atoms with Gasteiger partial charge in [-0.3, -0.25) is 4.79 Å². The van der Waals surface area contributed by atoms with Crippen molar-refractivity contribution in [1.29, 1.82) is 0 Å². The van der Waals surface area contributed by atoms with Crippen molar-refractivity contribution in [2.75, 3.05) is 11.9 Å². The largest absolute Gasteiger partial charge is 0.355 e. The van der Waals surface area contributed by atoms with E-state index >= 15 is 0 Å². The van der Waals surface area contributed by atoms with E-state index in [-0.39, 0.29) is 11.2 Å². The van der Waals surface area contributed by atoms with Crippen molar-refractivity contribution in [3.8, 4) is 0 Å². The molecule has 1 fully saturated rings. The van der Waals surface area contributed by atoms with Crippen LogP contribution < -0.4 is 10.6 Å². The molecule has 1 saturated heterocycles. The molecule has 1 atom stereocenters. The standard InChI is InChI=1S/C15H17ClN4OS2/c1-9-10(16)5-4-6-11(9)18-14-19-20-15(23-14)22-12-7-2-3-8-17-13(12)21/h4-6,12H,2-3,7-8H2,1H3,(H,17,21)(H,18,19)/t12-/m0/s1. The minimum atomic E-state index is -0.0776. The molecule has 0 saturated carbocycles. The van der Waals surface area contributed by atoms with Crippen LogP contribution in [0.2, 0.25) is 5.02 Å². The summed E-state index contributed by atoms with van der Waals surface area (Å²) in [5, 5.41) is 15.9. The number of nitrogens with one attached hydrogen (secondary N) is 2. The van der Waals surface area contributed by atoms with Crippen molar-refractivity contribution >= 4 is 51.4 Å². The van der Waals surface area contributed by atoms with Gasteiger partial charge in [0.2, 0.25) is 11.0 Å². The Labute approximate surface area is 148 Å². The molecule has 0 radical (unpaired) electrons. The zero-order chi connectivity index (χ0) is 16.2. The molecule has 0 spiro atoms. The number of thioether (sulfide) groups is 1. The summed E-state index contributed by atoms with van der Waals surface area (Å²) in [5.74, 6) is 0.0999. The quantitative estimate of drug-likeness (QED) is 0.853. The molecular weight excluding hydrogens is 352 g/mol. The summed E-state index contributed by atoms with van der Waals surface area (Å²) in [6.45, 7) is 2.73. The van der Waals surface area contributed by atoms with Crippen LogP contribution >= 0.6 is 34.7 Å². The smallest absolute Gasteiger partial charge is 0.233 e. The second-order valence-electron chi connectivity index (χ2n) is 5.30. The van der Waals surface area contributed by atoms with Gasteiger partial charge in [-0.15, -0.1) is 10.2 Å². The lowest BCUT2D eigenvalue weighted by molar-refractivity contribution is -0.120. The van der Waals surface area contributed by atoms with Crippen LogP contribution in [0.25, 0.3) is 0 Å². The molecule has 1 aliphatic rings. The summed E-state index contributed by atoms with van der Waals surface area (Å²) in [7, 11) is 0. The van der Waals surface area contributed by atoms with Crippen molar-refractivity contribution in [2.24, 2.45) is 0 Å². The van der Waals surface area contributed by atoms with Gasteiger partial charge in [0.25, 0.3) is 0 Å². The van der Waals surface area contributed by atoms with E-state index in [1.165, 1.54) is 23.1 Å². The van der Waals surface area contributed by atoms with Gasteiger partial charge < -0.3 is 10.6 Å². The predicted octanol–water partition coefficient (Wildman–Crippen LogP) is 4.00. The molecule has 2 N–H and O–H groups in total. The van der Waals surface area contributed by atoms with E-state index in [4.69, 9.17) is 11.6 Å². The molecule has 0 unspecified atom stereocenters. The zero-order valence-corrected chi connectivity index (χ0v) is 15.0. The Hall–Kier alpha value is -1.31. The monoisotopic (exact) mass is 368 g/mol. The molecule has 122 valence electrons. The second-order valence-corrected chi connectivity index (χ2v) is 8.14. The number of carbonyl (C=O) groups excluding carboxylic acids is 1. The number of hydrogen-bond acceptors (Lipinski definition) is 6. The van der Waals surface area contributed by atoms with Gasteiger partial charge in [0.1, 0.15) is 0 Å². The summed E-state index contributed by atoms with van der Waals surface area (Å²) in [6.07, 6.45) is 2.98. The Morgan fingerprint density at radius 3 is 3.13 bits per heavy atom. The zero-order valence-electron chi connectivity index (χ0n) is 12.6. The number of hydrogen-bond donors (Lipinski definition) is 2. The summed E-state index contributed by atoms with van der Waals surface area (Å²) in [6, 6.07) is 5.70. The number of carbonyl (C=O) groups is 1. The Morgan fingerprint density at radius 1 is 1.39 bits per heavy atom. The molecule has 0 bridgehead atoms. The maximum atomic E-state index is 12.0. The number of aromatic nitrogens is 2. The van der Waals surface area contributed by atoms with Gasteiger partial charge in [0, 0.05) is 17.3 Å². The van der Waals surface area contributed by atoms with E-state index < -0.39 is 0 Å².